The third-order valence-corrected chi connectivity index (χ3v) is 4.62. The Morgan fingerprint density at radius 2 is 1.93 bits per heavy atom. The molecule has 0 bridgehead atoms. The van der Waals surface area contributed by atoms with E-state index in [9.17, 15) is 9.59 Å². The van der Waals surface area contributed by atoms with Crippen LogP contribution in [0, 0.1) is 13.8 Å². The number of rotatable bonds is 5. The van der Waals surface area contributed by atoms with Gasteiger partial charge in [0.25, 0.3) is 11.8 Å². The van der Waals surface area contributed by atoms with E-state index in [4.69, 9.17) is 4.42 Å². The van der Waals surface area contributed by atoms with E-state index in [1.54, 1.807) is 30.5 Å². The molecule has 152 valence electrons. The van der Waals surface area contributed by atoms with Gasteiger partial charge in [-0.15, -0.1) is 5.10 Å². The standard InChI is InChI=1S/C21H24N4O3S/c1-13-7-6-8-15(11-13)25(20(27)16-12-29-24-23-16)18(17-10-9-14(2)28-17)19(26)22-21(3,4)5/h6-12,18H,1-5H3,(H,22,26)/t18-/m0/s1. The number of nitrogens with zero attached hydrogens (tertiary/aromatic N) is 3. The molecule has 0 saturated heterocycles. The first-order valence-electron chi connectivity index (χ1n) is 9.21. The number of benzene rings is 1. The Labute approximate surface area is 173 Å². The van der Waals surface area contributed by atoms with E-state index in [1.165, 1.54) is 4.90 Å². The Hall–Kier alpha value is -3.00. The van der Waals surface area contributed by atoms with Crippen LogP contribution >= 0.6 is 11.5 Å². The molecule has 0 radical (unpaired) electrons. The van der Waals surface area contributed by atoms with E-state index in [0.29, 0.717) is 17.2 Å². The fourth-order valence-corrected chi connectivity index (χ4v) is 3.38. The van der Waals surface area contributed by atoms with E-state index in [2.05, 4.69) is 14.9 Å². The molecule has 0 aliphatic carbocycles. The normalized spacial score (nSPS) is 12.4. The molecule has 0 spiro atoms. The number of carbonyl (C=O) groups excluding carboxylic acids is 2. The first-order valence-corrected chi connectivity index (χ1v) is 10.0. The zero-order valence-electron chi connectivity index (χ0n) is 17.1. The highest BCUT2D eigenvalue weighted by atomic mass is 32.1. The summed E-state index contributed by atoms with van der Waals surface area (Å²) in [5.41, 5.74) is 1.22. The van der Waals surface area contributed by atoms with Gasteiger partial charge in [-0.2, -0.15) is 0 Å². The Bertz CT molecular complexity index is 1010. The molecule has 0 unspecified atom stereocenters. The molecule has 0 aliphatic heterocycles. The van der Waals surface area contributed by atoms with Crippen LogP contribution in [0.15, 0.2) is 46.2 Å². The number of carbonyl (C=O) groups is 2. The largest absolute Gasteiger partial charge is 0.464 e. The average Bonchev–Trinajstić information content (AvgIpc) is 3.29. The lowest BCUT2D eigenvalue weighted by Crippen LogP contribution is -2.49. The van der Waals surface area contributed by atoms with Crippen molar-refractivity contribution < 1.29 is 14.0 Å². The van der Waals surface area contributed by atoms with Gasteiger partial charge in [-0.25, -0.2) is 0 Å². The first-order chi connectivity index (χ1) is 13.7. The van der Waals surface area contributed by atoms with Gasteiger partial charge in [-0.1, -0.05) is 16.6 Å². The van der Waals surface area contributed by atoms with Crippen LogP contribution in [0.4, 0.5) is 5.69 Å². The maximum atomic E-state index is 13.4. The summed E-state index contributed by atoms with van der Waals surface area (Å²) in [6.45, 7) is 9.39. The van der Waals surface area contributed by atoms with Crippen LogP contribution in [-0.4, -0.2) is 26.9 Å². The van der Waals surface area contributed by atoms with Crippen LogP contribution in [-0.2, 0) is 4.79 Å². The molecule has 2 heterocycles. The molecule has 1 aromatic carbocycles. The van der Waals surface area contributed by atoms with Crippen molar-refractivity contribution in [3.8, 4) is 0 Å². The van der Waals surface area contributed by atoms with Crippen molar-refractivity contribution >= 4 is 29.0 Å². The smallest absolute Gasteiger partial charge is 0.280 e. The van der Waals surface area contributed by atoms with Crippen molar-refractivity contribution in [1.29, 1.82) is 0 Å². The van der Waals surface area contributed by atoms with Crippen molar-refractivity contribution in [1.82, 2.24) is 14.9 Å². The lowest BCUT2D eigenvalue weighted by molar-refractivity contribution is -0.124. The second-order valence-electron chi connectivity index (χ2n) is 7.89. The second kappa shape index (κ2) is 8.16. The molecule has 0 saturated carbocycles. The predicted octanol–water partition coefficient (Wildman–Crippen LogP) is 4.05. The van der Waals surface area contributed by atoms with Crippen LogP contribution in [0.3, 0.4) is 0 Å². The van der Waals surface area contributed by atoms with Crippen LogP contribution in [0.1, 0.15) is 54.4 Å². The van der Waals surface area contributed by atoms with Gasteiger partial charge >= 0.3 is 0 Å². The lowest BCUT2D eigenvalue weighted by atomic mass is 10.0. The summed E-state index contributed by atoms with van der Waals surface area (Å²) in [4.78, 5) is 28.2. The van der Waals surface area contributed by atoms with Crippen LogP contribution < -0.4 is 10.2 Å². The minimum absolute atomic E-state index is 0.174. The second-order valence-corrected chi connectivity index (χ2v) is 8.50. The van der Waals surface area contributed by atoms with E-state index in [0.717, 1.165) is 17.1 Å². The number of furan rings is 1. The zero-order chi connectivity index (χ0) is 21.2. The third kappa shape index (κ3) is 4.89. The van der Waals surface area contributed by atoms with Crippen molar-refractivity contribution in [2.24, 2.45) is 0 Å². The van der Waals surface area contributed by atoms with Crippen LogP contribution in [0.5, 0.6) is 0 Å². The molecule has 8 heteroatoms. The van der Waals surface area contributed by atoms with Gasteiger partial charge < -0.3 is 9.73 Å². The molecule has 2 aromatic heterocycles. The number of anilines is 1. The van der Waals surface area contributed by atoms with E-state index >= 15 is 0 Å². The minimum Gasteiger partial charge on any atom is -0.464 e. The predicted molar refractivity (Wildman–Crippen MR) is 112 cm³/mol. The van der Waals surface area contributed by atoms with Crippen LogP contribution in [0.2, 0.25) is 0 Å². The van der Waals surface area contributed by atoms with E-state index in [1.807, 2.05) is 45.9 Å². The Kier molecular flexibility index (Phi) is 5.83. The summed E-state index contributed by atoms with van der Waals surface area (Å²) in [5.74, 6) is 0.264. The number of hydrogen-bond donors (Lipinski definition) is 1. The summed E-state index contributed by atoms with van der Waals surface area (Å²) < 4.78 is 9.59. The number of hydrogen-bond acceptors (Lipinski definition) is 6. The van der Waals surface area contributed by atoms with Crippen molar-refractivity contribution in [2.75, 3.05) is 4.90 Å². The molecule has 0 fully saturated rings. The maximum Gasteiger partial charge on any atom is 0.280 e. The fourth-order valence-electron chi connectivity index (χ4n) is 2.95. The van der Waals surface area contributed by atoms with Crippen molar-refractivity contribution in [3.05, 3.63) is 64.6 Å². The molecule has 7 nitrogen and oxygen atoms in total. The van der Waals surface area contributed by atoms with Crippen molar-refractivity contribution in [3.63, 3.8) is 0 Å². The highest BCUT2D eigenvalue weighted by molar-refractivity contribution is 7.03. The Balaban J connectivity index is 2.16. The quantitative estimate of drug-likeness (QED) is 0.683. The summed E-state index contributed by atoms with van der Waals surface area (Å²) in [6, 6.07) is 9.91. The molecule has 1 atom stereocenters. The summed E-state index contributed by atoms with van der Waals surface area (Å²) in [7, 11) is 0. The van der Waals surface area contributed by atoms with Gasteiger partial charge in [0.2, 0.25) is 0 Å². The molecule has 29 heavy (non-hydrogen) atoms. The topological polar surface area (TPSA) is 88.3 Å². The maximum absolute atomic E-state index is 13.4. The van der Waals surface area contributed by atoms with E-state index < -0.39 is 17.5 Å². The molecular weight excluding hydrogens is 388 g/mol. The van der Waals surface area contributed by atoms with Gasteiger partial charge in [0.1, 0.15) is 11.5 Å². The van der Waals surface area contributed by atoms with Gasteiger partial charge in [-0.05, 0) is 76.0 Å². The van der Waals surface area contributed by atoms with Crippen LogP contribution in [0.25, 0.3) is 0 Å². The van der Waals surface area contributed by atoms with Gasteiger partial charge in [0, 0.05) is 16.6 Å². The highest BCUT2D eigenvalue weighted by Gasteiger charge is 2.37. The molecule has 1 N–H and O–H groups in total. The summed E-state index contributed by atoms with van der Waals surface area (Å²) in [5, 5.41) is 8.45. The summed E-state index contributed by atoms with van der Waals surface area (Å²) in [6.07, 6.45) is 0. The monoisotopic (exact) mass is 412 g/mol. The Morgan fingerprint density at radius 3 is 2.48 bits per heavy atom. The Morgan fingerprint density at radius 1 is 1.17 bits per heavy atom. The molecule has 0 aliphatic rings. The molecule has 3 rings (SSSR count). The number of amides is 2. The first kappa shape index (κ1) is 20.7. The van der Waals surface area contributed by atoms with Gasteiger partial charge in [-0.3, -0.25) is 14.5 Å². The molecule has 2 amide bonds. The van der Waals surface area contributed by atoms with Crippen molar-refractivity contribution in [2.45, 2.75) is 46.2 Å². The highest BCUT2D eigenvalue weighted by Crippen LogP contribution is 2.31. The molecule has 3 aromatic rings. The minimum atomic E-state index is -1.00. The van der Waals surface area contributed by atoms with E-state index in [-0.39, 0.29) is 11.6 Å². The molecular formula is C21H24N4O3S. The number of aromatic nitrogens is 2. The third-order valence-electron chi connectivity index (χ3n) is 4.11. The number of nitrogens with one attached hydrogen (secondary N) is 1. The zero-order valence-corrected chi connectivity index (χ0v) is 17.9. The lowest BCUT2D eigenvalue weighted by Gasteiger charge is -2.32. The SMILES string of the molecule is Cc1cccc(N(C(=O)c2csnn2)[C@H](C(=O)NC(C)(C)C)c2ccc(C)o2)c1. The van der Waals surface area contributed by atoms with Gasteiger partial charge in [0.05, 0.1) is 0 Å². The summed E-state index contributed by atoms with van der Waals surface area (Å²) >= 11 is 1.08. The number of aryl methyl sites for hydroxylation is 2. The fraction of sp³-hybridized carbons (Fsp3) is 0.333. The average molecular weight is 413 g/mol. The van der Waals surface area contributed by atoms with Gasteiger partial charge in [0.15, 0.2) is 11.7 Å².